The largest absolute Gasteiger partial charge is 0.328 e. The van der Waals surface area contributed by atoms with Gasteiger partial charge >= 0.3 is 0 Å². The molecule has 0 spiro atoms. The van der Waals surface area contributed by atoms with E-state index in [2.05, 4.69) is 47.5 Å². The van der Waals surface area contributed by atoms with E-state index in [0.717, 1.165) is 18.9 Å². The Kier molecular flexibility index (Phi) is 5.51. The monoisotopic (exact) mass is 301 g/mol. The van der Waals surface area contributed by atoms with Crippen LogP contribution in [0.15, 0.2) is 30.3 Å². The Morgan fingerprint density at radius 2 is 2.05 bits per heavy atom. The third-order valence-corrected chi connectivity index (χ3v) is 5.48. The van der Waals surface area contributed by atoms with E-state index < -0.39 is 0 Å². The zero-order chi connectivity index (χ0) is 15.4. The van der Waals surface area contributed by atoms with Gasteiger partial charge in [-0.15, -0.1) is 0 Å². The fraction of sp³-hybridized carbons (Fsp3) is 0.684. The number of likely N-dealkylation sites (tertiary alicyclic amines) is 1. The van der Waals surface area contributed by atoms with E-state index in [4.69, 9.17) is 5.73 Å². The Bertz CT molecular complexity index is 447. The lowest BCUT2D eigenvalue weighted by atomic mass is 9.90. The number of hydrogen-bond donors (Lipinski definition) is 2. The third-order valence-electron chi connectivity index (χ3n) is 5.48. The van der Waals surface area contributed by atoms with E-state index in [1.165, 1.54) is 44.3 Å². The first-order valence-electron chi connectivity index (χ1n) is 8.98. The van der Waals surface area contributed by atoms with Crippen LogP contribution in [0.2, 0.25) is 0 Å². The second-order valence-corrected chi connectivity index (χ2v) is 7.35. The maximum absolute atomic E-state index is 6.11. The number of rotatable bonds is 5. The van der Waals surface area contributed by atoms with Crippen molar-refractivity contribution in [2.24, 2.45) is 11.7 Å². The molecule has 3 rings (SSSR count). The molecule has 4 atom stereocenters. The minimum Gasteiger partial charge on any atom is -0.328 e. The predicted octanol–water partition coefficient (Wildman–Crippen LogP) is 2.76. The Morgan fingerprint density at radius 1 is 1.23 bits per heavy atom. The van der Waals surface area contributed by atoms with Gasteiger partial charge in [-0.1, -0.05) is 36.8 Å². The Balaban J connectivity index is 1.45. The summed E-state index contributed by atoms with van der Waals surface area (Å²) >= 11 is 0. The molecule has 122 valence electrons. The predicted molar refractivity (Wildman–Crippen MR) is 92.7 cm³/mol. The van der Waals surface area contributed by atoms with Crippen LogP contribution < -0.4 is 11.1 Å². The molecule has 3 N–H and O–H groups in total. The molecular weight excluding hydrogens is 270 g/mol. The molecule has 0 bridgehead atoms. The van der Waals surface area contributed by atoms with Crippen LogP contribution in [0.3, 0.4) is 0 Å². The molecule has 1 saturated carbocycles. The van der Waals surface area contributed by atoms with Crippen molar-refractivity contribution in [1.82, 2.24) is 10.2 Å². The van der Waals surface area contributed by atoms with E-state index in [0.29, 0.717) is 18.1 Å². The smallest absolute Gasteiger partial charge is 0.0233 e. The Labute approximate surface area is 135 Å². The zero-order valence-corrected chi connectivity index (χ0v) is 13.9. The van der Waals surface area contributed by atoms with Crippen molar-refractivity contribution in [2.45, 2.75) is 63.7 Å². The molecule has 1 aliphatic heterocycles. The molecule has 3 nitrogen and oxygen atoms in total. The fourth-order valence-electron chi connectivity index (χ4n) is 4.14. The van der Waals surface area contributed by atoms with Crippen LogP contribution in [0.1, 0.15) is 44.6 Å². The molecule has 22 heavy (non-hydrogen) atoms. The first kappa shape index (κ1) is 16.0. The van der Waals surface area contributed by atoms with Gasteiger partial charge in [0.1, 0.15) is 0 Å². The number of nitrogens with zero attached hydrogens (tertiary/aromatic N) is 1. The van der Waals surface area contributed by atoms with Crippen molar-refractivity contribution in [1.29, 1.82) is 0 Å². The van der Waals surface area contributed by atoms with Gasteiger partial charge in [-0.25, -0.2) is 0 Å². The highest BCUT2D eigenvalue weighted by molar-refractivity contribution is 5.14. The van der Waals surface area contributed by atoms with Crippen LogP contribution in [0, 0.1) is 5.92 Å². The topological polar surface area (TPSA) is 41.3 Å². The molecule has 1 aliphatic carbocycles. The van der Waals surface area contributed by atoms with Gasteiger partial charge < -0.3 is 11.1 Å². The van der Waals surface area contributed by atoms with Gasteiger partial charge in [0, 0.05) is 31.2 Å². The lowest BCUT2D eigenvalue weighted by Gasteiger charge is -2.32. The number of nitrogens with one attached hydrogen (secondary N) is 1. The normalized spacial score (nSPS) is 31.3. The first-order chi connectivity index (χ1) is 10.7. The van der Waals surface area contributed by atoms with Crippen molar-refractivity contribution in [3.8, 4) is 0 Å². The highest BCUT2D eigenvalue weighted by atomic mass is 15.2. The first-order valence-corrected chi connectivity index (χ1v) is 8.98. The van der Waals surface area contributed by atoms with Gasteiger partial charge in [0.15, 0.2) is 0 Å². The van der Waals surface area contributed by atoms with Crippen molar-refractivity contribution in [3.63, 3.8) is 0 Å². The standard InChI is InChI=1S/C19H31N3/c1-15(21-19-9-5-8-18(20)12-19)17-10-11-22(14-17)13-16-6-3-2-4-7-16/h2-4,6-7,15,17-19,21H,5,8-14,20H2,1H3. The summed E-state index contributed by atoms with van der Waals surface area (Å²) < 4.78 is 0. The van der Waals surface area contributed by atoms with E-state index in [9.17, 15) is 0 Å². The van der Waals surface area contributed by atoms with Crippen LogP contribution in [0.25, 0.3) is 0 Å². The number of benzene rings is 1. The van der Waals surface area contributed by atoms with Crippen LogP contribution in [-0.4, -0.2) is 36.1 Å². The summed E-state index contributed by atoms with van der Waals surface area (Å²) in [6.45, 7) is 5.92. The molecule has 4 unspecified atom stereocenters. The van der Waals surface area contributed by atoms with Crippen molar-refractivity contribution in [2.75, 3.05) is 13.1 Å². The maximum Gasteiger partial charge on any atom is 0.0233 e. The van der Waals surface area contributed by atoms with Crippen LogP contribution >= 0.6 is 0 Å². The Hall–Kier alpha value is -0.900. The fourth-order valence-corrected chi connectivity index (χ4v) is 4.14. The van der Waals surface area contributed by atoms with E-state index in [-0.39, 0.29) is 0 Å². The second-order valence-electron chi connectivity index (χ2n) is 7.35. The summed E-state index contributed by atoms with van der Waals surface area (Å²) in [6.07, 6.45) is 6.28. The summed E-state index contributed by atoms with van der Waals surface area (Å²) in [4.78, 5) is 2.60. The number of nitrogens with two attached hydrogens (primary N) is 1. The summed E-state index contributed by atoms with van der Waals surface area (Å²) in [5.41, 5.74) is 7.55. The highest BCUT2D eigenvalue weighted by Crippen LogP contribution is 2.24. The van der Waals surface area contributed by atoms with Gasteiger partial charge in [-0.05, 0) is 50.6 Å². The molecular formula is C19H31N3. The lowest BCUT2D eigenvalue weighted by Crippen LogP contribution is -2.46. The molecule has 1 saturated heterocycles. The molecule has 3 heteroatoms. The average Bonchev–Trinajstić information content (AvgIpc) is 2.97. The third kappa shape index (κ3) is 4.31. The molecule has 0 aromatic heterocycles. The van der Waals surface area contributed by atoms with E-state index in [1.54, 1.807) is 0 Å². The molecule has 0 radical (unpaired) electrons. The van der Waals surface area contributed by atoms with Crippen LogP contribution in [0.4, 0.5) is 0 Å². The van der Waals surface area contributed by atoms with Crippen molar-refractivity contribution in [3.05, 3.63) is 35.9 Å². The number of hydrogen-bond acceptors (Lipinski definition) is 3. The van der Waals surface area contributed by atoms with Gasteiger partial charge in [0.25, 0.3) is 0 Å². The summed E-state index contributed by atoms with van der Waals surface area (Å²) in [5, 5.41) is 3.87. The molecule has 0 amide bonds. The molecule has 1 heterocycles. The Morgan fingerprint density at radius 3 is 2.82 bits per heavy atom. The quantitative estimate of drug-likeness (QED) is 0.878. The highest BCUT2D eigenvalue weighted by Gasteiger charge is 2.29. The lowest BCUT2D eigenvalue weighted by molar-refractivity contribution is 0.261. The molecule has 1 aromatic carbocycles. The SMILES string of the molecule is CC(NC1CCCC(N)C1)C1CCN(Cc2ccccc2)C1. The summed E-state index contributed by atoms with van der Waals surface area (Å²) in [6, 6.07) is 12.5. The second kappa shape index (κ2) is 7.58. The summed E-state index contributed by atoms with van der Waals surface area (Å²) in [5.74, 6) is 0.780. The molecule has 2 fully saturated rings. The van der Waals surface area contributed by atoms with Gasteiger partial charge in [0.2, 0.25) is 0 Å². The summed E-state index contributed by atoms with van der Waals surface area (Å²) in [7, 11) is 0. The molecule has 2 aliphatic rings. The average molecular weight is 301 g/mol. The van der Waals surface area contributed by atoms with Crippen molar-refractivity contribution >= 4 is 0 Å². The van der Waals surface area contributed by atoms with E-state index in [1.807, 2.05) is 0 Å². The minimum atomic E-state index is 0.414. The van der Waals surface area contributed by atoms with Gasteiger partial charge in [-0.3, -0.25) is 4.90 Å². The zero-order valence-electron chi connectivity index (χ0n) is 13.9. The van der Waals surface area contributed by atoms with E-state index >= 15 is 0 Å². The van der Waals surface area contributed by atoms with Crippen LogP contribution in [0.5, 0.6) is 0 Å². The van der Waals surface area contributed by atoms with Crippen LogP contribution in [-0.2, 0) is 6.54 Å². The van der Waals surface area contributed by atoms with Gasteiger partial charge in [0.05, 0.1) is 0 Å². The van der Waals surface area contributed by atoms with Gasteiger partial charge in [-0.2, -0.15) is 0 Å². The van der Waals surface area contributed by atoms with Crippen molar-refractivity contribution < 1.29 is 0 Å². The minimum absolute atomic E-state index is 0.414. The molecule has 1 aromatic rings. The maximum atomic E-state index is 6.11.